The Morgan fingerprint density at radius 2 is 2.50 bits per heavy atom. The number of nitrogens with one attached hydrogen (secondary N) is 3. The Bertz CT molecular complexity index is 712. The first kappa shape index (κ1) is 9.83. The Morgan fingerprint density at radius 3 is 3.30 bits per heavy atom. The van der Waals surface area contributed by atoms with Gasteiger partial charge in [-0.15, -0.1) is 0 Å². The zero-order valence-corrected chi connectivity index (χ0v) is 11.0. The molecule has 5 nitrogen and oxygen atoms in total. The monoisotopic (exact) mass is 276 g/mol. The van der Waals surface area contributed by atoms with Crippen molar-refractivity contribution in [2.75, 3.05) is 20.1 Å². The second kappa shape index (κ2) is 5.54. The van der Waals surface area contributed by atoms with Crippen LogP contribution in [0.2, 0.25) is 0 Å². The van der Waals surface area contributed by atoms with Gasteiger partial charge in [-0.2, -0.15) is 0 Å². The molecule has 1 aromatic carbocycles. The molecule has 5 heteroatoms. The maximum Gasteiger partial charge on any atom is 0.407 e. The number of alkyl carbamates (subject to hydrolysis) is 1. The molecule has 0 saturated carbocycles. The lowest BCUT2D eigenvalue weighted by Crippen LogP contribution is -2.28. The average Bonchev–Trinajstić information content (AvgIpc) is 3.04. The smallest absolute Gasteiger partial charge is 0.407 e. The molecule has 1 aromatic heterocycles. The largest absolute Gasteiger partial charge is 0.447 e. The lowest BCUT2D eigenvalue weighted by molar-refractivity contribution is 0.177. The third kappa shape index (κ3) is 2.63. The van der Waals surface area contributed by atoms with Gasteiger partial charge in [0.25, 0.3) is 0 Å². The number of cyclic esters (lactones) is 1. The van der Waals surface area contributed by atoms with Crippen LogP contribution in [-0.2, 0) is 17.6 Å². The van der Waals surface area contributed by atoms with E-state index in [1.165, 1.54) is 0 Å². The molecule has 3 N–H and O–H groups in total. The Balaban J connectivity index is 1.70. The SMILES string of the molecule is [2H]C([2H])([2H])NCCc1c[nH]c2ccc(C[C@H]3COC(=O)N3)cc12. The van der Waals surface area contributed by atoms with Crippen molar-refractivity contribution in [1.29, 1.82) is 0 Å². The third-order valence-corrected chi connectivity index (χ3v) is 3.57. The average molecular weight is 276 g/mol. The van der Waals surface area contributed by atoms with Crippen LogP contribution in [0.3, 0.4) is 0 Å². The van der Waals surface area contributed by atoms with Crippen molar-refractivity contribution in [2.45, 2.75) is 18.9 Å². The van der Waals surface area contributed by atoms with E-state index in [1.807, 2.05) is 18.3 Å². The van der Waals surface area contributed by atoms with Gasteiger partial charge in [-0.3, -0.25) is 0 Å². The Hall–Kier alpha value is -2.01. The van der Waals surface area contributed by atoms with Gasteiger partial charge in [0.05, 0.1) is 6.04 Å². The summed E-state index contributed by atoms with van der Waals surface area (Å²) in [6, 6.07) is 6.11. The van der Waals surface area contributed by atoms with Gasteiger partial charge >= 0.3 is 6.09 Å². The standard InChI is InChI=1S/C15H19N3O2/c1-16-5-4-11-8-17-14-3-2-10(7-13(11)14)6-12-9-20-15(19)18-12/h2-3,7-8,12,16-17H,4-6,9H2,1H3,(H,18,19)/t12-/m0/s1/i1D3. The highest BCUT2D eigenvalue weighted by Gasteiger charge is 2.22. The second-order valence-electron chi connectivity index (χ2n) is 5.01. The quantitative estimate of drug-likeness (QED) is 0.777. The van der Waals surface area contributed by atoms with Gasteiger partial charge in [0, 0.05) is 21.2 Å². The number of carbonyl (C=O) groups excluding carboxylic acids is 1. The normalized spacial score (nSPS) is 21.1. The van der Waals surface area contributed by atoms with Crippen LogP contribution >= 0.6 is 0 Å². The molecule has 3 rings (SSSR count). The Labute approximate surface area is 121 Å². The molecular formula is C15H19N3O2. The minimum Gasteiger partial charge on any atom is -0.447 e. The van der Waals surface area contributed by atoms with Crippen molar-refractivity contribution < 1.29 is 13.6 Å². The van der Waals surface area contributed by atoms with Crippen molar-refractivity contribution in [3.8, 4) is 0 Å². The summed E-state index contributed by atoms with van der Waals surface area (Å²) in [5.41, 5.74) is 3.20. The molecule has 2 aromatic rings. The highest BCUT2D eigenvalue weighted by molar-refractivity contribution is 5.84. The molecule has 0 spiro atoms. The first-order chi connectivity index (χ1) is 10.9. The predicted molar refractivity (Wildman–Crippen MR) is 77.9 cm³/mol. The first-order valence-corrected chi connectivity index (χ1v) is 6.68. The fourth-order valence-corrected chi connectivity index (χ4v) is 2.58. The van der Waals surface area contributed by atoms with Crippen LogP contribution in [-0.4, -0.2) is 37.2 Å². The van der Waals surface area contributed by atoms with E-state index in [2.05, 4.69) is 21.7 Å². The van der Waals surface area contributed by atoms with E-state index in [0.29, 0.717) is 26.0 Å². The van der Waals surface area contributed by atoms with E-state index in [4.69, 9.17) is 8.85 Å². The molecule has 1 amide bonds. The van der Waals surface area contributed by atoms with Crippen LogP contribution in [0, 0.1) is 0 Å². The molecule has 0 radical (unpaired) electrons. The lowest BCUT2D eigenvalue weighted by atomic mass is 10.0. The topological polar surface area (TPSA) is 66.1 Å². The predicted octanol–water partition coefficient (Wildman–Crippen LogP) is 1.58. The summed E-state index contributed by atoms with van der Waals surface area (Å²) < 4.78 is 26.4. The number of aromatic nitrogens is 1. The molecule has 1 aliphatic rings. The van der Waals surface area contributed by atoms with Gasteiger partial charge in [0.1, 0.15) is 6.61 Å². The highest BCUT2D eigenvalue weighted by Crippen LogP contribution is 2.21. The van der Waals surface area contributed by atoms with Gasteiger partial charge in [0.15, 0.2) is 0 Å². The van der Waals surface area contributed by atoms with Gasteiger partial charge in [-0.25, -0.2) is 4.79 Å². The van der Waals surface area contributed by atoms with Gasteiger partial charge in [-0.05, 0) is 49.6 Å². The van der Waals surface area contributed by atoms with Gasteiger partial charge in [0.2, 0.25) is 0 Å². The number of likely N-dealkylation sites (N-methyl/N-ethyl adjacent to an activating group) is 1. The number of H-pyrrole nitrogens is 1. The summed E-state index contributed by atoms with van der Waals surface area (Å²) in [7, 11) is 0. The van der Waals surface area contributed by atoms with Crippen LogP contribution in [0.5, 0.6) is 0 Å². The summed E-state index contributed by atoms with van der Waals surface area (Å²) in [5.74, 6) is 0. The summed E-state index contributed by atoms with van der Waals surface area (Å²) in [5, 5.41) is 6.38. The molecule has 20 heavy (non-hydrogen) atoms. The maximum atomic E-state index is 11.1. The van der Waals surface area contributed by atoms with Gasteiger partial charge in [-0.1, -0.05) is 6.07 Å². The number of carbonyl (C=O) groups is 1. The minimum atomic E-state index is -2.11. The van der Waals surface area contributed by atoms with Crippen molar-refractivity contribution in [3.63, 3.8) is 0 Å². The van der Waals surface area contributed by atoms with Crippen molar-refractivity contribution in [1.82, 2.24) is 15.6 Å². The van der Waals surface area contributed by atoms with Crippen LogP contribution in [0.4, 0.5) is 4.79 Å². The summed E-state index contributed by atoms with van der Waals surface area (Å²) in [6.45, 7) is -1.34. The molecule has 1 atom stereocenters. The number of benzene rings is 1. The fraction of sp³-hybridized carbons (Fsp3) is 0.400. The van der Waals surface area contributed by atoms with Crippen LogP contribution in [0.25, 0.3) is 10.9 Å². The van der Waals surface area contributed by atoms with Gasteiger partial charge < -0.3 is 20.4 Å². The molecule has 1 fully saturated rings. The van der Waals surface area contributed by atoms with E-state index in [1.54, 1.807) is 0 Å². The van der Waals surface area contributed by atoms with E-state index in [-0.39, 0.29) is 12.1 Å². The van der Waals surface area contributed by atoms with E-state index < -0.39 is 6.98 Å². The molecular weight excluding hydrogens is 254 g/mol. The fourth-order valence-electron chi connectivity index (χ4n) is 2.58. The number of aromatic amines is 1. The zero-order valence-electron chi connectivity index (χ0n) is 14.0. The third-order valence-electron chi connectivity index (χ3n) is 3.57. The number of hydrogen-bond donors (Lipinski definition) is 3. The van der Waals surface area contributed by atoms with Crippen LogP contribution < -0.4 is 10.6 Å². The summed E-state index contributed by atoms with van der Waals surface area (Å²) in [4.78, 5) is 14.3. The van der Waals surface area contributed by atoms with Crippen molar-refractivity contribution in [2.24, 2.45) is 0 Å². The molecule has 106 valence electrons. The number of ether oxygens (including phenoxy) is 1. The maximum absolute atomic E-state index is 11.1. The van der Waals surface area contributed by atoms with Crippen molar-refractivity contribution >= 4 is 17.0 Å². The minimum absolute atomic E-state index is 0.000400. The second-order valence-corrected chi connectivity index (χ2v) is 5.01. The molecule has 1 aliphatic heterocycles. The van der Waals surface area contributed by atoms with E-state index in [9.17, 15) is 4.79 Å². The van der Waals surface area contributed by atoms with Crippen LogP contribution in [0.15, 0.2) is 24.4 Å². The zero-order chi connectivity index (χ0) is 16.4. The molecule has 0 aliphatic carbocycles. The number of fused-ring (bicyclic) bond motifs is 1. The Morgan fingerprint density at radius 1 is 1.55 bits per heavy atom. The highest BCUT2D eigenvalue weighted by atomic mass is 16.6. The number of rotatable bonds is 5. The first-order valence-electron chi connectivity index (χ1n) is 8.18. The molecule has 2 heterocycles. The van der Waals surface area contributed by atoms with E-state index >= 15 is 0 Å². The summed E-state index contributed by atoms with van der Waals surface area (Å²) in [6.07, 6.45) is 2.88. The van der Waals surface area contributed by atoms with E-state index in [0.717, 1.165) is 22.0 Å². The van der Waals surface area contributed by atoms with Crippen molar-refractivity contribution in [3.05, 3.63) is 35.5 Å². The number of hydrogen-bond acceptors (Lipinski definition) is 3. The lowest BCUT2D eigenvalue weighted by Gasteiger charge is -2.08. The molecule has 1 saturated heterocycles. The summed E-state index contributed by atoms with van der Waals surface area (Å²) >= 11 is 0. The molecule has 0 bridgehead atoms. The molecule has 0 unspecified atom stereocenters. The van der Waals surface area contributed by atoms with Crippen LogP contribution in [0.1, 0.15) is 15.2 Å². The number of amides is 1. The Kier molecular flexibility index (Phi) is 2.72.